The number of nitrogens with one attached hydrogen (secondary N) is 1. The van der Waals surface area contributed by atoms with Crippen molar-refractivity contribution >= 4 is 27.7 Å². The van der Waals surface area contributed by atoms with E-state index in [1.165, 1.54) is 30.2 Å². The van der Waals surface area contributed by atoms with Gasteiger partial charge in [0.1, 0.15) is 23.2 Å². The third-order valence-corrected chi connectivity index (χ3v) is 7.85. The molecule has 0 spiro atoms. The number of benzene rings is 2. The van der Waals surface area contributed by atoms with Crippen LogP contribution in [0.2, 0.25) is 0 Å². The smallest absolute Gasteiger partial charge is 0.269 e. The molecule has 2 atom stereocenters. The standard InChI is InChI=1S/C25H31N3O6S/c1-5-17(3)26-24(30)21(6-2)27(15-18-10-9-11-19(14-18)34-4)23(29)16-28-25(31)20-12-7-8-13-22(20)35(28,32)33/h7-14,17,21H,5-6,15-16H2,1-4H3,(H,26,30)/t17-,21+/m0/s1. The van der Waals surface area contributed by atoms with Crippen LogP contribution < -0.4 is 10.1 Å². The van der Waals surface area contributed by atoms with Gasteiger partial charge in [-0.25, -0.2) is 12.7 Å². The number of hydrogen-bond donors (Lipinski definition) is 1. The van der Waals surface area contributed by atoms with Crippen LogP contribution in [0.1, 0.15) is 49.5 Å². The van der Waals surface area contributed by atoms with Crippen molar-refractivity contribution in [3.8, 4) is 5.75 Å². The van der Waals surface area contributed by atoms with E-state index in [4.69, 9.17) is 4.74 Å². The van der Waals surface area contributed by atoms with Gasteiger partial charge in [0.25, 0.3) is 15.9 Å². The zero-order chi connectivity index (χ0) is 25.8. The van der Waals surface area contributed by atoms with E-state index < -0.39 is 34.4 Å². The minimum Gasteiger partial charge on any atom is -0.497 e. The SMILES string of the molecule is CC[C@H](C(=O)N[C@@H](C)CC)N(Cc1cccc(OC)c1)C(=O)CN1C(=O)c2ccccc2S1(=O)=O. The first-order valence-electron chi connectivity index (χ1n) is 11.5. The summed E-state index contributed by atoms with van der Waals surface area (Å²) in [6.45, 7) is 4.92. The van der Waals surface area contributed by atoms with E-state index in [2.05, 4.69) is 5.32 Å². The highest BCUT2D eigenvalue weighted by Gasteiger charge is 2.43. The molecule has 0 fully saturated rings. The molecule has 35 heavy (non-hydrogen) atoms. The molecule has 2 aromatic carbocycles. The van der Waals surface area contributed by atoms with Crippen LogP contribution in [0.4, 0.5) is 0 Å². The molecule has 2 aromatic rings. The summed E-state index contributed by atoms with van der Waals surface area (Å²) >= 11 is 0. The molecule has 1 N–H and O–H groups in total. The van der Waals surface area contributed by atoms with E-state index in [-0.39, 0.29) is 29.0 Å². The van der Waals surface area contributed by atoms with Crippen LogP contribution in [0.15, 0.2) is 53.4 Å². The van der Waals surface area contributed by atoms with Crippen LogP contribution in [0, 0.1) is 0 Å². The zero-order valence-electron chi connectivity index (χ0n) is 20.4. The summed E-state index contributed by atoms with van der Waals surface area (Å²) in [4.78, 5) is 40.7. The maximum absolute atomic E-state index is 13.6. The summed E-state index contributed by atoms with van der Waals surface area (Å²) in [6.07, 6.45) is 1.02. The number of carbonyl (C=O) groups excluding carboxylic acids is 3. The molecule has 0 saturated heterocycles. The summed E-state index contributed by atoms with van der Waals surface area (Å²) in [6, 6.07) is 12.0. The largest absolute Gasteiger partial charge is 0.497 e. The molecule has 1 aliphatic rings. The van der Waals surface area contributed by atoms with Crippen LogP contribution in [0.3, 0.4) is 0 Å². The Bertz CT molecular complexity index is 1210. The summed E-state index contributed by atoms with van der Waals surface area (Å²) in [5.41, 5.74) is 0.729. The van der Waals surface area contributed by atoms with Crippen molar-refractivity contribution in [2.24, 2.45) is 0 Å². The van der Waals surface area contributed by atoms with Crippen molar-refractivity contribution in [3.63, 3.8) is 0 Å². The van der Waals surface area contributed by atoms with E-state index in [1.807, 2.05) is 13.8 Å². The number of rotatable bonds is 10. The van der Waals surface area contributed by atoms with Gasteiger partial charge in [-0.05, 0) is 49.6 Å². The average molecular weight is 502 g/mol. The van der Waals surface area contributed by atoms with Crippen molar-refractivity contribution in [1.29, 1.82) is 0 Å². The first-order valence-corrected chi connectivity index (χ1v) is 13.0. The van der Waals surface area contributed by atoms with Crippen molar-refractivity contribution in [2.75, 3.05) is 13.7 Å². The molecule has 9 nitrogen and oxygen atoms in total. The van der Waals surface area contributed by atoms with E-state index in [1.54, 1.807) is 37.3 Å². The Hall–Kier alpha value is -3.40. The van der Waals surface area contributed by atoms with E-state index in [9.17, 15) is 22.8 Å². The average Bonchev–Trinajstić information content (AvgIpc) is 3.04. The molecular weight excluding hydrogens is 470 g/mol. The Balaban J connectivity index is 1.94. The molecular formula is C25H31N3O6S. The monoisotopic (exact) mass is 501 g/mol. The summed E-state index contributed by atoms with van der Waals surface area (Å²) < 4.78 is 31.8. The third kappa shape index (κ3) is 5.48. The molecule has 0 aromatic heterocycles. The number of nitrogens with zero attached hydrogens (tertiary/aromatic N) is 2. The maximum atomic E-state index is 13.6. The first kappa shape index (κ1) is 26.2. The van der Waals surface area contributed by atoms with Crippen molar-refractivity contribution in [3.05, 3.63) is 59.7 Å². The van der Waals surface area contributed by atoms with E-state index in [0.717, 1.165) is 0 Å². The lowest BCUT2D eigenvalue weighted by Crippen LogP contribution is -2.53. The quantitative estimate of drug-likeness (QED) is 0.535. The van der Waals surface area contributed by atoms with Crippen LogP contribution in [-0.4, -0.2) is 61.1 Å². The number of sulfonamides is 1. The van der Waals surface area contributed by atoms with Crippen LogP contribution >= 0.6 is 0 Å². The molecule has 10 heteroatoms. The minimum absolute atomic E-state index is 0.0289. The highest BCUT2D eigenvalue weighted by Crippen LogP contribution is 2.30. The van der Waals surface area contributed by atoms with Gasteiger partial charge in [0.2, 0.25) is 11.8 Å². The molecule has 0 saturated carbocycles. The summed E-state index contributed by atoms with van der Waals surface area (Å²) in [7, 11) is -2.64. The number of fused-ring (bicyclic) bond motifs is 1. The highest BCUT2D eigenvalue weighted by molar-refractivity contribution is 7.90. The molecule has 0 bridgehead atoms. The van der Waals surface area contributed by atoms with Gasteiger partial charge in [-0.2, -0.15) is 0 Å². The second-order valence-corrected chi connectivity index (χ2v) is 10.3. The predicted octanol–water partition coefficient (Wildman–Crippen LogP) is 2.56. The first-order chi connectivity index (χ1) is 16.6. The van der Waals surface area contributed by atoms with Crippen molar-refractivity contribution < 1.29 is 27.5 Å². The second kappa shape index (κ2) is 10.9. The topological polar surface area (TPSA) is 113 Å². The van der Waals surface area contributed by atoms with Crippen LogP contribution in [0.5, 0.6) is 5.75 Å². The molecule has 0 unspecified atom stereocenters. The number of methoxy groups -OCH3 is 1. The lowest BCUT2D eigenvalue weighted by Gasteiger charge is -2.32. The second-order valence-electron chi connectivity index (χ2n) is 8.43. The van der Waals surface area contributed by atoms with Crippen molar-refractivity contribution in [1.82, 2.24) is 14.5 Å². The highest BCUT2D eigenvalue weighted by atomic mass is 32.2. The van der Waals surface area contributed by atoms with Crippen LogP contribution in [0.25, 0.3) is 0 Å². The Morgan fingerprint density at radius 2 is 1.80 bits per heavy atom. The Morgan fingerprint density at radius 3 is 2.43 bits per heavy atom. The molecule has 0 radical (unpaired) electrons. The van der Waals surface area contributed by atoms with Gasteiger partial charge in [0.15, 0.2) is 0 Å². The van der Waals surface area contributed by atoms with Gasteiger partial charge in [0.05, 0.1) is 12.7 Å². The molecule has 3 amide bonds. The number of hydrogen-bond acceptors (Lipinski definition) is 6. The minimum atomic E-state index is -4.17. The molecule has 0 aliphatic carbocycles. The fourth-order valence-electron chi connectivity index (χ4n) is 3.93. The van der Waals surface area contributed by atoms with E-state index in [0.29, 0.717) is 28.5 Å². The fraction of sp³-hybridized carbons (Fsp3) is 0.400. The van der Waals surface area contributed by atoms with Gasteiger partial charge in [-0.3, -0.25) is 14.4 Å². The summed E-state index contributed by atoms with van der Waals surface area (Å²) in [5, 5.41) is 2.90. The summed E-state index contributed by atoms with van der Waals surface area (Å²) in [5.74, 6) is -1.16. The lowest BCUT2D eigenvalue weighted by atomic mass is 10.1. The Kier molecular flexibility index (Phi) is 8.16. The Labute approximate surface area is 206 Å². The van der Waals surface area contributed by atoms with E-state index >= 15 is 0 Å². The Morgan fingerprint density at radius 1 is 1.09 bits per heavy atom. The molecule has 1 heterocycles. The molecule has 3 rings (SSSR count). The van der Waals surface area contributed by atoms with Gasteiger partial charge < -0.3 is 15.0 Å². The zero-order valence-corrected chi connectivity index (χ0v) is 21.2. The molecule has 1 aliphatic heterocycles. The van der Waals surface area contributed by atoms with Gasteiger partial charge >= 0.3 is 0 Å². The van der Waals surface area contributed by atoms with Gasteiger partial charge in [0, 0.05) is 12.6 Å². The third-order valence-electron chi connectivity index (χ3n) is 6.06. The lowest BCUT2D eigenvalue weighted by molar-refractivity contribution is -0.141. The number of amides is 3. The van der Waals surface area contributed by atoms with Gasteiger partial charge in [-0.15, -0.1) is 0 Å². The van der Waals surface area contributed by atoms with Crippen LogP contribution in [-0.2, 0) is 26.2 Å². The molecule has 188 valence electrons. The fourth-order valence-corrected chi connectivity index (χ4v) is 5.45. The number of ether oxygens (including phenoxy) is 1. The normalized spacial score (nSPS) is 15.8. The number of carbonyl (C=O) groups is 3. The maximum Gasteiger partial charge on any atom is 0.269 e. The predicted molar refractivity (Wildman–Crippen MR) is 130 cm³/mol. The van der Waals surface area contributed by atoms with Crippen molar-refractivity contribution in [2.45, 2.75) is 57.1 Å². The van der Waals surface area contributed by atoms with Gasteiger partial charge in [-0.1, -0.05) is 38.1 Å².